The van der Waals surface area contributed by atoms with E-state index in [0.717, 1.165) is 12.8 Å². The first-order chi connectivity index (χ1) is 8.66. The molecule has 2 rings (SSSR count). The van der Waals surface area contributed by atoms with Crippen molar-refractivity contribution >= 4 is 5.97 Å². The Hall–Kier alpha value is -1.42. The number of aromatic carboxylic acids is 1. The van der Waals surface area contributed by atoms with Crippen molar-refractivity contribution in [2.75, 3.05) is 0 Å². The lowest BCUT2D eigenvalue weighted by molar-refractivity contribution is 0.00397. The van der Waals surface area contributed by atoms with E-state index >= 15 is 0 Å². The molecule has 0 bridgehead atoms. The molecule has 1 aromatic rings. The minimum absolute atomic E-state index is 0.0985. The average molecular weight is 249 g/mol. The number of carbonyl (C=O) groups is 1. The van der Waals surface area contributed by atoms with Crippen molar-refractivity contribution in [3.63, 3.8) is 0 Å². The van der Waals surface area contributed by atoms with Gasteiger partial charge in [0.1, 0.15) is 0 Å². The zero-order valence-electron chi connectivity index (χ0n) is 10.6. The van der Waals surface area contributed by atoms with Gasteiger partial charge in [0, 0.05) is 11.8 Å². The molecule has 18 heavy (non-hydrogen) atoms. The lowest BCUT2D eigenvalue weighted by atomic mass is 9.89. The maximum Gasteiger partial charge on any atom is 0.354 e. The third-order valence-electron chi connectivity index (χ3n) is 3.46. The molecule has 0 spiro atoms. The average Bonchev–Trinajstić information content (AvgIpc) is 2.37. The second-order valence-electron chi connectivity index (χ2n) is 5.02. The number of carboxylic acids is 1. The largest absolute Gasteiger partial charge is 0.477 e. The van der Waals surface area contributed by atoms with Crippen molar-refractivity contribution in [2.45, 2.75) is 45.3 Å². The van der Waals surface area contributed by atoms with Gasteiger partial charge in [0.2, 0.25) is 0 Å². The Kier molecular flexibility index (Phi) is 4.31. The summed E-state index contributed by atoms with van der Waals surface area (Å²) in [5.41, 5.74) is 0.754. The number of ether oxygens (including phenoxy) is 1. The Morgan fingerprint density at radius 1 is 1.56 bits per heavy atom. The van der Waals surface area contributed by atoms with Crippen LogP contribution in [0.2, 0.25) is 0 Å². The van der Waals surface area contributed by atoms with Gasteiger partial charge in [-0.1, -0.05) is 25.8 Å². The number of pyridine rings is 1. The number of hydrogen-bond donors (Lipinski definition) is 1. The minimum atomic E-state index is -0.994. The van der Waals surface area contributed by atoms with Crippen LogP contribution in [0, 0.1) is 5.92 Å². The fourth-order valence-electron chi connectivity index (χ4n) is 2.49. The zero-order valence-corrected chi connectivity index (χ0v) is 10.6. The van der Waals surface area contributed by atoms with Gasteiger partial charge >= 0.3 is 5.97 Å². The molecule has 2 atom stereocenters. The molecule has 0 amide bonds. The summed E-state index contributed by atoms with van der Waals surface area (Å²) >= 11 is 0. The van der Waals surface area contributed by atoms with E-state index in [1.165, 1.54) is 19.0 Å². The minimum Gasteiger partial charge on any atom is -0.477 e. The number of hydrogen-bond acceptors (Lipinski definition) is 3. The van der Waals surface area contributed by atoms with Crippen molar-refractivity contribution in [1.82, 2.24) is 4.98 Å². The van der Waals surface area contributed by atoms with Crippen LogP contribution in [0.15, 0.2) is 18.3 Å². The highest BCUT2D eigenvalue weighted by Gasteiger charge is 2.20. The van der Waals surface area contributed by atoms with Crippen LogP contribution < -0.4 is 0 Å². The van der Waals surface area contributed by atoms with Gasteiger partial charge in [0.05, 0.1) is 12.7 Å². The summed E-state index contributed by atoms with van der Waals surface area (Å²) in [4.78, 5) is 14.9. The van der Waals surface area contributed by atoms with Crippen molar-refractivity contribution in [2.24, 2.45) is 5.92 Å². The molecule has 2 unspecified atom stereocenters. The monoisotopic (exact) mass is 249 g/mol. The third-order valence-corrected chi connectivity index (χ3v) is 3.46. The Morgan fingerprint density at radius 2 is 2.39 bits per heavy atom. The van der Waals surface area contributed by atoms with Crippen LogP contribution in [0.1, 0.15) is 48.7 Å². The second kappa shape index (κ2) is 5.96. The van der Waals surface area contributed by atoms with Crippen LogP contribution in [0.4, 0.5) is 0 Å². The van der Waals surface area contributed by atoms with Crippen LogP contribution in [-0.4, -0.2) is 22.2 Å². The standard InChI is InChI=1S/C14H19NO3/c1-10-4-2-6-12(8-10)18-9-11-5-3-7-15-13(11)14(16)17/h3,5,7,10,12H,2,4,6,8-9H2,1H3,(H,16,17). The second-order valence-corrected chi connectivity index (χ2v) is 5.02. The van der Waals surface area contributed by atoms with Gasteiger partial charge in [-0.05, 0) is 24.8 Å². The molecule has 0 saturated heterocycles. The van der Waals surface area contributed by atoms with E-state index in [1.54, 1.807) is 12.1 Å². The van der Waals surface area contributed by atoms with E-state index in [1.807, 2.05) is 0 Å². The van der Waals surface area contributed by atoms with E-state index in [-0.39, 0.29) is 11.8 Å². The molecule has 1 aliphatic carbocycles. The maximum atomic E-state index is 11.0. The molecule has 0 aliphatic heterocycles. The first-order valence-electron chi connectivity index (χ1n) is 6.45. The molecular formula is C14H19NO3. The summed E-state index contributed by atoms with van der Waals surface area (Å²) in [5.74, 6) is -0.289. The van der Waals surface area contributed by atoms with Crippen molar-refractivity contribution < 1.29 is 14.6 Å². The summed E-state index contributed by atoms with van der Waals surface area (Å²) in [6, 6.07) is 3.51. The predicted octanol–water partition coefficient (Wildman–Crippen LogP) is 2.88. The van der Waals surface area contributed by atoms with E-state index in [4.69, 9.17) is 9.84 Å². The summed E-state index contributed by atoms with van der Waals surface area (Å²) in [6.07, 6.45) is 6.37. The van der Waals surface area contributed by atoms with E-state index in [0.29, 0.717) is 18.1 Å². The summed E-state index contributed by atoms with van der Waals surface area (Å²) in [5, 5.41) is 9.03. The van der Waals surface area contributed by atoms with Crippen molar-refractivity contribution in [3.05, 3.63) is 29.6 Å². The highest BCUT2D eigenvalue weighted by Crippen LogP contribution is 2.26. The van der Waals surface area contributed by atoms with Gasteiger partial charge in [0.15, 0.2) is 5.69 Å². The summed E-state index contributed by atoms with van der Waals surface area (Å²) in [7, 11) is 0. The van der Waals surface area contributed by atoms with Gasteiger partial charge in [-0.15, -0.1) is 0 Å². The highest BCUT2D eigenvalue weighted by atomic mass is 16.5. The normalized spacial score (nSPS) is 23.8. The van der Waals surface area contributed by atoms with Gasteiger partial charge in [-0.3, -0.25) is 0 Å². The van der Waals surface area contributed by atoms with E-state index in [2.05, 4.69) is 11.9 Å². The lowest BCUT2D eigenvalue weighted by Crippen LogP contribution is -2.21. The first-order valence-corrected chi connectivity index (χ1v) is 6.45. The first kappa shape index (κ1) is 13.0. The molecular weight excluding hydrogens is 230 g/mol. The van der Waals surface area contributed by atoms with E-state index < -0.39 is 5.97 Å². The molecule has 1 N–H and O–H groups in total. The van der Waals surface area contributed by atoms with E-state index in [9.17, 15) is 4.79 Å². The fraction of sp³-hybridized carbons (Fsp3) is 0.571. The zero-order chi connectivity index (χ0) is 13.0. The van der Waals surface area contributed by atoms with Crippen molar-refractivity contribution in [1.29, 1.82) is 0 Å². The molecule has 4 heteroatoms. The summed E-state index contributed by atoms with van der Waals surface area (Å²) < 4.78 is 5.83. The van der Waals surface area contributed by atoms with Crippen LogP contribution >= 0.6 is 0 Å². The predicted molar refractivity (Wildman–Crippen MR) is 67.4 cm³/mol. The van der Waals surface area contributed by atoms with Crippen LogP contribution in [0.3, 0.4) is 0 Å². The smallest absolute Gasteiger partial charge is 0.354 e. The maximum absolute atomic E-state index is 11.0. The topological polar surface area (TPSA) is 59.4 Å². The number of nitrogens with zero attached hydrogens (tertiary/aromatic N) is 1. The molecule has 1 aliphatic rings. The van der Waals surface area contributed by atoms with Crippen molar-refractivity contribution in [3.8, 4) is 0 Å². The van der Waals surface area contributed by atoms with Gasteiger partial charge in [-0.2, -0.15) is 0 Å². The number of carboxylic acid groups (broad SMARTS) is 1. The molecule has 1 heterocycles. The molecule has 0 aromatic carbocycles. The van der Waals surface area contributed by atoms with Crippen LogP contribution in [-0.2, 0) is 11.3 Å². The van der Waals surface area contributed by atoms with Crippen LogP contribution in [0.5, 0.6) is 0 Å². The Labute approximate surface area is 107 Å². The Morgan fingerprint density at radius 3 is 3.11 bits per heavy atom. The number of rotatable bonds is 4. The van der Waals surface area contributed by atoms with Gasteiger partial charge in [-0.25, -0.2) is 9.78 Å². The third kappa shape index (κ3) is 3.29. The molecule has 0 radical (unpaired) electrons. The van der Waals surface area contributed by atoms with Crippen LogP contribution in [0.25, 0.3) is 0 Å². The van der Waals surface area contributed by atoms with Gasteiger partial charge < -0.3 is 9.84 Å². The Balaban J connectivity index is 1.95. The molecule has 98 valence electrons. The molecule has 1 saturated carbocycles. The molecule has 4 nitrogen and oxygen atoms in total. The molecule has 1 fully saturated rings. The highest BCUT2D eigenvalue weighted by molar-refractivity contribution is 5.86. The lowest BCUT2D eigenvalue weighted by Gasteiger charge is -2.26. The fourth-order valence-corrected chi connectivity index (χ4v) is 2.49. The van der Waals surface area contributed by atoms with Gasteiger partial charge in [0.25, 0.3) is 0 Å². The molecule has 1 aromatic heterocycles. The summed E-state index contributed by atoms with van der Waals surface area (Å²) in [6.45, 7) is 2.58. The Bertz CT molecular complexity index is 419. The number of aromatic nitrogens is 1. The SMILES string of the molecule is CC1CCCC(OCc2cccnc2C(=O)O)C1. The quantitative estimate of drug-likeness (QED) is 0.891.